The zero-order valence-corrected chi connectivity index (χ0v) is 13.5. The largest absolute Gasteiger partial charge is 0.380 e. The molecular weight excluding hydrogens is 256 g/mol. The molecule has 0 radical (unpaired) electrons. The van der Waals surface area contributed by atoms with Crippen molar-refractivity contribution in [3.05, 3.63) is 35.9 Å². The third-order valence-corrected chi connectivity index (χ3v) is 4.86. The van der Waals surface area contributed by atoms with Crippen LogP contribution in [0.3, 0.4) is 0 Å². The van der Waals surface area contributed by atoms with E-state index in [2.05, 4.69) is 44.7 Å². The summed E-state index contributed by atoms with van der Waals surface area (Å²) in [4.78, 5) is 0. The van der Waals surface area contributed by atoms with Gasteiger partial charge in [-0.05, 0) is 42.1 Å². The number of aliphatic hydroxyl groups is 1. The summed E-state index contributed by atoms with van der Waals surface area (Å²) in [6.45, 7) is 6.85. The van der Waals surface area contributed by atoms with Crippen molar-refractivity contribution in [2.24, 2.45) is 23.7 Å². The van der Waals surface area contributed by atoms with E-state index in [1.807, 2.05) is 18.2 Å². The van der Waals surface area contributed by atoms with Gasteiger partial charge >= 0.3 is 0 Å². The lowest BCUT2D eigenvalue weighted by atomic mass is 9.68. The minimum absolute atomic E-state index is 0.344. The molecule has 2 rings (SSSR count). The Morgan fingerprint density at radius 1 is 1.14 bits per heavy atom. The van der Waals surface area contributed by atoms with Crippen molar-refractivity contribution in [1.29, 1.82) is 0 Å². The number of hydrogen-bond acceptors (Lipinski definition) is 1. The molecule has 0 spiro atoms. The second-order valence-electron chi connectivity index (χ2n) is 6.92. The summed E-state index contributed by atoms with van der Waals surface area (Å²) in [5.74, 6) is 8.59. The van der Waals surface area contributed by atoms with Crippen molar-refractivity contribution in [2.75, 3.05) is 0 Å². The van der Waals surface area contributed by atoms with E-state index >= 15 is 0 Å². The highest BCUT2D eigenvalue weighted by Gasteiger charge is 2.34. The van der Waals surface area contributed by atoms with Crippen LogP contribution in [0.15, 0.2) is 30.3 Å². The first-order valence-corrected chi connectivity index (χ1v) is 8.28. The first kappa shape index (κ1) is 16.1. The molecular formula is C20H28O. The van der Waals surface area contributed by atoms with Gasteiger partial charge in [-0.3, -0.25) is 0 Å². The van der Waals surface area contributed by atoms with Gasteiger partial charge in [0, 0.05) is 6.42 Å². The fourth-order valence-electron chi connectivity index (χ4n) is 3.60. The molecule has 114 valence electrons. The highest BCUT2D eigenvalue weighted by Crippen LogP contribution is 2.39. The van der Waals surface area contributed by atoms with E-state index in [9.17, 15) is 5.11 Å². The highest BCUT2D eigenvalue weighted by atomic mass is 16.3. The predicted octanol–water partition coefficient (Wildman–Crippen LogP) is 4.30. The van der Waals surface area contributed by atoms with Crippen LogP contribution in [0.2, 0.25) is 0 Å². The molecule has 1 aliphatic carbocycles. The average molecular weight is 284 g/mol. The zero-order valence-electron chi connectivity index (χ0n) is 13.5. The highest BCUT2D eigenvalue weighted by molar-refractivity contribution is 5.21. The Kier molecular flexibility index (Phi) is 5.88. The summed E-state index contributed by atoms with van der Waals surface area (Å²) in [6, 6.07) is 10.2. The Hall–Kier alpha value is -1.26. The van der Waals surface area contributed by atoms with Gasteiger partial charge in [-0.1, -0.05) is 69.4 Å². The minimum atomic E-state index is -0.469. The summed E-state index contributed by atoms with van der Waals surface area (Å²) in [5.41, 5.74) is 1.22. The molecule has 0 amide bonds. The standard InChI is InChI=1S/C20H28O/c1-15(2)18-13-12-16(3)14-19(18)20(21)11-7-10-17-8-5-4-6-9-17/h4-6,8-9,15-16,18-21H,10,12-14H2,1-3H3/t16-,18+,19-,20-/m1/s1. The molecule has 1 aromatic carbocycles. The predicted molar refractivity (Wildman–Crippen MR) is 88.8 cm³/mol. The van der Waals surface area contributed by atoms with E-state index in [0.717, 1.165) is 18.8 Å². The van der Waals surface area contributed by atoms with E-state index in [0.29, 0.717) is 17.8 Å². The molecule has 0 aromatic heterocycles. The van der Waals surface area contributed by atoms with Crippen LogP contribution in [0, 0.1) is 35.5 Å². The van der Waals surface area contributed by atoms with Crippen LogP contribution in [0.5, 0.6) is 0 Å². The summed E-state index contributed by atoms with van der Waals surface area (Å²) >= 11 is 0. The third-order valence-electron chi connectivity index (χ3n) is 4.86. The summed E-state index contributed by atoms with van der Waals surface area (Å²) in [5, 5.41) is 10.5. The summed E-state index contributed by atoms with van der Waals surface area (Å²) < 4.78 is 0. The Morgan fingerprint density at radius 2 is 1.86 bits per heavy atom. The lowest BCUT2D eigenvalue weighted by molar-refractivity contribution is 0.0477. The first-order valence-electron chi connectivity index (χ1n) is 8.28. The van der Waals surface area contributed by atoms with Crippen molar-refractivity contribution in [3.8, 4) is 11.8 Å². The normalized spacial score (nSPS) is 27.0. The second kappa shape index (κ2) is 7.66. The van der Waals surface area contributed by atoms with Gasteiger partial charge < -0.3 is 5.11 Å². The molecule has 1 heteroatoms. The van der Waals surface area contributed by atoms with Crippen molar-refractivity contribution in [3.63, 3.8) is 0 Å². The average Bonchev–Trinajstić information content (AvgIpc) is 2.47. The fraction of sp³-hybridized carbons (Fsp3) is 0.600. The minimum Gasteiger partial charge on any atom is -0.380 e. The van der Waals surface area contributed by atoms with Crippen LogP contribution in [0.25, 0.3) is 0 Å². The second-order valence-corrected chi connectivity index (χ2v) is 6.92. The fourth-order valence-corrected chi connectivity index (χ4v) is 3.60. The molecule has 4 atom stereocenters. The topological polar surface area (TPSA) is 20.2 Å². The first-order chi connectivity index (χ1) is 10.1. The molecule has 1 N–H and O–H groups in total. The maximum atomic E-state index is 10.5. The molecule has 0 bridgehead atoms. The van der Waals surface area contributed by atoms with Gasteiger partial charge in [0.1, 0.15) is 6.10 Å². The van der Waals surface area contributed by atoms with Crippen LogP contribution in [0.1, 0.15) is 45.6 Å². The third kappa shape index (κ3) is 4.61. The maximum absolute atomic E-state index is 10.5. The Labute approximate surface area is 129 Å². The van der Waals surface area contributed by atoms with E-state index in [-0.39, 0.29) is 0 Å². The van der Waals surface area contributed by atoms with Crippen molar-refractivity contribution < 1.29 is 5.11 Å². The molecule has 1 aromatic rings. The quantitative estimate of drug-likeness (QED) is 0.820. The molecule has 1 fully saturated rings. The molecule has 1 aliphatic rings. The number of benzene rings is 1. The van der Waals surface area contributed by atoms with Gasteiger partial charge in [-0.25, -0.2) is 0 Å². The Morgan fingerprint density at radius 3 is 2.52 bits per heavy atom. The van der Waals surface area contributed by atoms with Gasteiger partial charge in [0.05, 0.1) is 0 Å². The van der Waals surface area contributed by atoms with Crippen molar-refractivity contribution in [1.82, 2.24) is 0 Å². The molecule has 0 heterocycles. The van der Waals surface area contributed by atoms with Crippen molar-refractivity contribution in [2.45, 2.75) is 52.6 Å². The van der Waals surface area contributed by atoms with Gasteiger partial charge in [-0.2, -0.15) is 0 Å². The van der Waals surface area contributed by atoms with Gasteiger partial charge in [-0.15, -0.1) is 0 Å². The molecule has 1 nitrogen and oxygen atoms in total. The van der Waals surface area contributed by atoms with Crippen LogP contribution >= 0.6 is 0 Å². The van der Waals surface area contributed by atoms with E-state index in [1.165, 1.54) is 18.4 Å². The Balaban J connectivity index is 1.99. The van der Waals surface area contributed by atoms with Crippen molar-refractivity contribution >= 4 is 0 Å². The van der Waals surface area contributed by atoms with Crippen LogP contribution in [-0.2, 0) is 6.42 Å². The van der Waals surface area contributed by atoms with Crippen LogP contribution in [0.4, 0.5) is 0 Å². The monoisotopic (exact) mass is 284 g/mol. The lowest BCUT2D eigenvalue weighted by Gasteiger charge is -2.38. The number of hydrogen-bond donors (Lipinski definition) is 1. The zero-order chi connectivity index (χ0) is 15.2. The maximum Gasteiger partial charge on any atom is 0.117 e. The summed E-state index contributed by atoms with van der Waals surface area (Å²) in [7, 11) is 0. The molecule has 1 saturated carbocycles. The van der Waals surface area contributed by atoms with Gasteiger partial charge in [0.15, 0.2) is 0 Å². The van der Waals surface area contributed by atoms with E-state index < -0.39 is 6.10 Å². The molecule has 0 unspecified atom stereocenters. The molecule has 0 saturated heterocycles. The number of aliphatic hydroxyl groups excluding tert-OH is 1. The lowest BCUT2D eigenvalue weighted by Crippen LogP contribution is -2.35. The Bertz CT molecular complexity index is 480. The number of rotatable bonds is 3. The van der Waals surface area contributed by atoms with E-state index in [4.69, 9.17) is 0 Å². The van der Waals surface area contributed by atoms with Crippen LogP contribution in [-0.4, -0.2) is 11.2 Å². The molecule has 0 aliphatic heterocycles. The van der Waals surface area contributed by atoms with Crippen LogP contribution < -0.4 is 0 Å². The van der Waals surface area contributed by atoms with E-state index in [1.54, 1.807) is 0 Å². The van der Waals surface area contributed by atoms with Gasteiger partial charge in [0.25, 0.3) is 0 Å². The van der Waals surface area contributed by atoms with Gasteiger partial charge in [0.2, 0.25) is 0 Å². The summed E-state index contributed by atoms with van der Waals surface area (Å²) in [6.07, 6.45) is 3.91. The molecule has 21 heavy (non-hydrogen) atoms. The smallest absolute Gasteiger partial charge is 0.117 e. The SMILES string of the molecule is CC(C)[C@@H]1CC[C@@H](C)C[C@H]1[C@H](O)C#CCc1ccccc1.